The molecule has 1 aromatic rings. The molecule has 1 aromatic carbocycles. The third-order valence-electron chi connectivity index (χ3n) is 3.03. The van der Waals surface area contributed by atoms with Crippen molar-refractivity contribution in [3.05, 3.63) is 39.4 Å². The first-order valence-electron chi connectivity index (χ1n) is 6.34. The number of aryl methyl sites for hydroxylation is 1. The highest BCUT2D eigenvalue weighted by Crippen LogP contribution is 2.19. The molecule has 1 atom stereocenters. The first kappa shape index (κ1) is 15.6. The predicted molar refractivity (Wildman–Crippen MR) is 74.2 cm³/mol. The lowest BCUT2D eigenvalue weighted by Gasteiger charge is -2.22. The van der Waals surface area contributed by atoms with Crippen LogP contribution in [0.5, 0.6) is 0 Å². The monoisotopic (exact) mass is 275 g/mol. The van der Waals surface area contributed by atoms with Crippen molar-refractivity contribution >= 4 is 11.6 Å². The highest BCUT2D eigenvalue weighted by molar-refractivity contribution is 5.96. The molecule has 1 amide bonds. The second kappa shape index (κ2) is 6.66. The summed E-state index contributed by atoms with van der Waals surface area (Å²) in [6.07, 6.45) is 0. The van der Waals surface area contributed by atoms with Gasteiger partial charge in [0.1, 0.15) is 0 Å². The first-order chi connectivity index (χ1) is 9.40. The molecule has 0 saturated carbocycles. The third-order valence-corrected chi connectivity index (χ3v) is 3.03. The van der Waals surface area contributed by atoms with E-state index in [-0.39, 0.29) is 17.5 Å². The Morgan fingerprint density at radius 3 is 2.65 bits per heavy atom. The highest BCUT2D eigenvalue weighted by Gasteiger charge is 2.19. The van der Waals surface area contributed by atoms with Crippen molar-refractivity contribution < 1.29 is 9.72 Å². The number of nitrogens with zero attached hydrogens (tertiary/aromatic N) is 3. The molecule has 0 N–H and O–H groups in total. The smallest absolute Gasteiger partial charge is 0.269 e. The van der Waals surface area contributed by atoms with Gasteiger partial charge >= 0.3 is 0 Å². The zero-order chi connectivity index (χ0) is 15.3. The average Bonchev–Trinajstić information content (AvgIpc) is 2.43. The number of rotatable bonds is 5. The fraction of sp³-hybridized carbons (Fsp3) is 0.429. The normalized spacial score (nSPS) is 11.5. The summed E-state index contributed by atoms with van der Waals surface area (Å²) in [5.74, 6) is -0.459. The van der Waals surface area contributed by atoms with Gasteiger partial charge in [0.2, 0.25) is 0 Å². The molecule has 0 bridgehead atoms. The van der Waals surface area contributed by atoms with Gasteiger partial charge in [-0.1, -0.05) is 0 Å². The number of carbonyl (C=O) groups excluding carboxylic acids is 1. The molecule has 6 heteroatoms. The summed E-state index contributed by atoms with van der Waals surface area (Å²) >= 11 is 0. The van der Waals surface area contributed by atoms with Gasteiger partial charge in [-0.2, -0.15) is 5.26 Å². The Labute approximate surface area is 117 Å². The molecule has 0 aliphatic heterocycles. The number of nitro benzene ring substituents is 1. The number of benzene rings is 1. The molecule has 0 radical (unpaired) electrons. The molecule has 0 aliphatic rings. The van der Waals surface area contributed by atoms with Gasteiger partial charge in [-0.3, -0.25) is 14.9 Å². The third kappa shape index (κ3) is 3.54. The van der Waals surface area contributed by atoms with Crippen molar-refractivity contribution in [2.45, 2.75) is 20.8 Å². The topological polar surface area (TPSA) is 87.2 Å². The lowest BCUT2D eigenvalue weighted by atomic mass is 10.1. The van der Waals surface area contributed by atoms with Crippen molar-refractivity contribution in [1.29, 1.82) is 5.26 Å². The van der Waals surface area contributed by atoms with Crippen LogP contribution in [0.25, 0.3) is 0 Å². The Hall–Kier alpha value is -2.42. The molecule has 0 aromatic heterocycles. The minimum Gasteiger partial charge on any atom is -0.338 e. The molecule has 0 aliphatic carbocycles. The van der Waals surface area contributed by atoms with Gasteiger partial charge in [0.05, 0.1) is 16.9 Å². The summed E-state index contributed by atoms with van der Waals surface area (Å²) in [7, 11) is 0. The van der Waals surface area contributed by atoms with Crippen LogP contribution in [0.1, 0.15) is 29.8 Å². The lowest BCUT2D eigenvalue weighted by Crippen LogP contribution is -2.34. The van der Waals surface area contributed by atoms with E-state index in [1.165, 1.54) is 18.2 Å². The number of hydrogen-bond acceptors (Lipinski definition) is 4. The molecule has 1 unspecified atom stereocenters. The maximum absolute atomic E-state index is 12.4. The largest absolute Gasteiger partial charge is 0.338 e. The van der Waals surface area contributed by atoms with E-state index in [0.29, 0.717) is 24.2 Å². The second-order valence-electron chi connectivity index (χ2n) is 4.63. The van der Waals surface area contributed by atoms with Gasteiger partial charge < -0.3 is 4.90 Å². The summed E-state index contributed by atoms with van der Waals surface area (Å²) in [5.41, 5.74) is 0.961. The fourth-order valence-corrected chi connectivity index (χ4v) is 1.90. The van der Waals surface area contributed by atoms with Crippen LogP contribution >= 0.6 is 0 Å². The van der Waals surface area contributed by atoms with E-state index in [1.54, 1.807) is 18.7 Å². The van der Waals surface area contributed by atoms with Crippen LogP contribution in [0.2, 0.25) is 0 Å². The molecule has 0 heterocycles. The quantitative estimate of drug-likeness (QED) is 0.610. The fourth-order valence-electron chi connectivity index (χ4n) is 1.90. The maximum Gasteiger partial charge on any atom is 0.269 e. The van der Waals surface area contributed by atoms with E-state index in [2.05, 4.69) is 6.07 Å². The van der Waals surface area contributed by atoms with Crippen LogP contribution in [0.4, 0.5) is 5.69 Å². The van der Waals surface area contributed by atoms with E-state index in [1.807, 2.05) is 6.92 Å². The van der Waals surface area contributed by atoms with Gasteiger partial charge in [0, 0.05) is 30.8 Å². The number of nitriles is 1. The Morgan fingerprint density at radius 1 is 1.55 bits per heavy atom. The van der Waals surface area contributed by atoms with Gasteiger partial charge in [0.25, 0.3) is 11.6 Å². The van der Waals surface area contributed by atoms with E-state index in [4.69, 9.17) is 5.26 Å². The van der Waals surface area contributed by atoms with Crippen LogP contribution < -0.4 is 0 Å². The molecule has 6 nitrogen and oxygen atoms in total. The molecule has 20 heavy (non-hydrogen) atoms. The Kier molecular flexibility index (Phi) is 5.21. The summed E-state index contributed by atoms with van der Waals surface area (Å²) in [4.78, 5) is 24.1. The Bertz CT molecular complexity index is 563. The zero-order valence-corrected chi connectivity index (χ0v) is 11.8. The number of carbonyl (C=O) groups is 1. The predicted octanol–water partition coefficient (Wildman–Crippen LogP) is 2.53. The molecule has 0 saturated heterocycles. The standard InChI is InChI=1S/C14H17N3O3/c1-4-16(9-10(2)8-15)14(18)13-6-5-12(17(19)20)7-11(13)3/h5-7,10H,4,9H2,1-3H3. The second-order valence-corrected chi connectivity index (χ2v) is 4.63. The molecule has 106 valence electrons. The van der Waals surface area contributed by atoms with Crippen LogP contribution in [0.15, 0.2) is 18.2 Å². The van der Waals surface area contributed by atoms with E-state index < -0.39 is 4.92 Å². The van der Waals surface area contributed by atoms with Gasteiger partial charge in [0.15, 0.2) is 0 Å². The van der Waals surface area contributed by atoms with Gasteiger partial charge in [-0.05, 0) is 32.4 Å². The lowest BCUT2D eigenvalue weighted by molar-refractivity contribution is -0.384. The number of non-ortho nitro benzene ring substituents is 1. The summed E-state index contributed by atoms with van der Waals surface area (Å²) in [6.45, 7) is 6.09. The number of nitro groups is 1. The first-order valence-corrected chi connectivity index (χ1v) is 6.34. The van der Waals surface area contributed by atoms with Crippen LogP contribution in [0.3, 0.4) is 0 Å². The highest BCUT2D eigenvalue weighted by atomic mass is 16.6. The minimum atomic E-state index is -0.489. The molecule has 0 fully saturated rings. The molecule has 0 spiro atoms. The summed E-state index contributed by atoms with van der Waals surface area (Å²) in [6, 6.07) is 6.26. The molecular weight excluding hydrogens is 258 g/mol. The van der Waals surface area contributed by atoms with Crippen molar-refractivity contribution in [3.8, 4) is 6.07 Å². The van der Waals surface area contributed by atoms with Crippen molar-refractivity contribution in [3.63, 3.8) is 0 Å². The SMILES string of the molecule is CCN(CC(C)C#N)C(=O)c1ccc([N+](=O)[O-])cc1C. The van der Waals surface area contributed by atoms with Gasteiger partial charge in [-0.25, -0.2) is 0 Å². The molecular formula is C14H17N3O3. The van der Waals surface area contributed by atoms with E-state index in [9.17, 15) is 14.9 Å². The summed E-state index contributed by atoms with van der Waals surface area (Å²) in [5, 5.41) is 19.5. The molecule has 1 rings (SSSR count). The average molecular weight is 275 g/mol. The Balaban J connectivity index is 3.01. The van der Waals surface area contributed by atoms with Crippen molar-refractivity contribution in [1.82, 2.24) is 4.90 Å². The maximum atomic E-state index is 12.4. The van der Waals surface area contributed by atoms with Gasteiger partial charge in [-0.15, -0.1) is 0 Å². The Morgan fingerprint density at radius 2 is 2.20 bits per heavy atom. The van der Waals surface area contributed by atoms with E-state index in [0.717, 1.165) is 0 Å². The van der Waals surface area contributed by atoms with Crippen LogP contribution in [-0.2, 0) is 0 Å². The summed E-state index contributed by atoms with van der Waals surface area (Å²) < 4.78 is 0. The zero-order valence-electron chi connectivity index (χ0n) is 11.8. The van der Waals surface area contributed by atoms with Crippen molar-refractivity contribution in [2.75, 3.05) is 13.1 Å². The van der Waals surface area contributed by atoms with E-state index >= 15 is 0 Å². The number of amides is 1. The number of hydrogen-bond donors (Lipinski definition) is 0. The van der Waals surface area contributed by atoms with Crippen LogP contribution in [-0.4, -0.2) is 28.8 Å². The minimum absolute atomic E-state index is 0.0347. The van der Waals surface area contributed by atoms with Crippen molar-refractivity contribution in [2.24, 2.45) is 5.92 Å². The van der Waals surface area contributed by atoms with Crippen LogP contribution in [0, 0.1) is 34.3 Å².